The number of hydrogen-bond donors (Lipinski definition) is 1. The van der Waals surface area contributed by atoms with Gasteiger partial charge in [0.1, 0.15) is 0 Å². The smallest absolute Gasteiger partial charge is 0.118 e. The molecule has 0 amide bonds. The van der Waals surface area contributed by atoms with Gasteiger partial charge < -0.3 is 24.7 Å². The van der Waals surface area contributed by atoms with Crippen LogP contribution in [-0.2, 0) is 17.1 Å². The first-order valence-electron chi connectivity index (χ1n) is 0.836. The summed E-state index contributed by atoms with van der Waals surface area (Å²) in [5.74, 6) is 0. The Bertz CT molecular complexity index is 27.9. The number of hydrogen-bond acceptors (Lipinski definition) is 5. The van der Waals surface area contributed by atoms with Crippen molar-refractivity contribution >= 4 is 32.1 Å². The SMILES string of the molecule is [Fe+2].[MgH+].[O-][Si]([O-])([O-])O.[OH-]. The molecule has 0 bridgehead atoms. The van der Waals surface area contributed by atoms with Crippen molar-refractivity contribution in [2.24, 2.45) is 0 Å². The first-order valence-corrected chi connectivity index (χ1v) is 2.51. The molecular formula is H3FeMgO5Si-. The van der Waals surface area contributed by atoms with E-state index >= 15 is 0 Å². The maximum atomic E-state index is 8.69. The Morgan fingerprint density at radius 3 is 1.12 bits per heavy atom. The zero-order valence-electron chi connectivity index (χ0n) is 3.97. The Morgan fingerprint density at radius 2 is 1.12 bits per heavy atom. The van der Waals surface area contributed by atoms with Gasteiger partial charge in [0.25, 0.3) is 0 Å². The van der Waals surface area contributed by atoms with E-state index in [4.69, 9.17) is 19.2 Å². The van der Waals surface area contributed by atoms with Crippen molar-refractivity contribution in [2.45, 2.75) is 0 Å². The molecule has 0 aromatic carbocycles. The van der Waals surface area contributed by atoms with Crippen LogP contribution in [0, 0.1) is 0 Å². The predicted octanol–water partition coefficient (Wildman–Crippen LogP) is -5.33. The summed E-state index contributed by atoms with van der Waals surface area (Å²) in [4.78, 5) is 33.1. The molecule has 48 valence electrons. The van der Waals surface area contributed by atoms with E-state index in [0.29, 0.717) is 0 Å². The second-order valence-electron chi connectivity index (χ2n) is 0.524. The van der Waals surface area contributed by atoms with Crippen molar-refractivity contribution in [2.75, 3.05) is 0 Å². The van der Waals surface area contributed by atoms with Gasteiger partial charge in [0.2, 0.25) is 0 Å². The van der Waals surface area contributed by atoms with Crippen LogP contribution in [0.2, 0.25) is 0 Å². The molecule has 5 nitrogen and oxygen atoms in total. The summed E-state index contributed by atoms with van der Waals surface area (Å²) in [6.45, 7) is 0. The average molecular weight is 191 g/mol. The van der Waals surface area contributed by atoms with E-state index in [2.05, 4.69) is 0 Å². The van der Waals surface area contributed by atoms with Crippen molar-refractivity contribution < 1.29 is 41.7 Å². The van der Waals surface area contributed by atoms with Crippen molar-refractivity contribution in [3.8, 4) is 0 Å². The summed E-state index contributed by atoms with van der Waals surface area (Å²) < 4.78 is 0. The Kier molecular flexibility index (Phi) is 23.7. The van der Waals surface area contributed by atoms with E-state index in [1.807, 2.05) is 0 Å². The van der Waals surface area contributed by atoms with Crippen LogP contribution in [0.25, 0.3) is 0 Å². The third-order valence-corrected chi connectivity index (χ3v) is 0. The third kappa shape index (κ3) is 171. The van der Waals surface area contributed by atoms with E-state index < -0.39 is 9.05 Å². The fourth-order valence-electron chi connectivity index (χ4n) is 0. The van der Waals surface area contributed by atoms with Gasteiger partial charge in [0.15, 0.2) is 0 Å². The fraction of sp³-hybridized carbons (Fsp3) is 0. The monoisotopic (exact) mass is 191 g/mol. The normalized spacial score (nSPS) is 7.50. The summed E-state index contributed by atoms with van der Waals surface area (Å²) in [7, 11) is -5.36. The molecule has 0 saturated heterocycles. The van der Waals surface area contributed by atoms with Crippen LogP contribution in [0.5, 0.6) is 0 Å². The standard InChI is InChI=1S/Fe.Mg.HO4Si.H2O.H/c;;1-5(2,3)4;;/h;;1H;1H2;/q+2;+1;-3;;/p-1. The summed E-state index contributed by atoms with van der Waals surface area (Å²) in [6, 6.07) is 0. The molecule has 0 rings (SSSR count). The second kappa shape index (κ2) is 8.30. The van der Waals surface area contributed by atoms with Gasteiger partial charge in [-0.3, -0.25) is 0 Å². The molecule has 8 heteroatoms. The molecule has 0 aromatic heterocycles. The zero-order chi connectivity index (χ0) is 4.50. The minimum atomic E-state index is -5.36. The Labute approximate surface area is 73.8 Å². The van der Waals surface area contributed by atoms with Crippen LogP contribution < -0.4 is 14.4 Å². The molecule has 0 saturated carbocycles. The number of rotatable bonds is 0. The Morgan fingerprint density at radius 1 is 1.12 bits per heavy atom. The van der Waals surface area contributed by atoms with E-state index in [0.717, 1.165) is 0 Å². The van der Waals surface area contributed by atoms with Crippen molar-refractivity contribution in [1.29, 1.82) is 0 Å². The molecule has 0 atom stereocenters. The largest absolute Gasteiger partial charge is 0.870 e. The van der Waals surface area contributed by atoms with Crippen LogP contribution in [0.1, 0.15) is 0 Å². The van der Waals surface area contributed by atoms with Gasteiger partial charge >= 0.3 is 40.1 Å². The summed E-state index contributed by atoms with van der Waals surface area (Å²) in [5, 5.41) is 0. The Balaban J connectivity index is -0.0000000267. The van der Waals surface area contributed by atoms with E-state index in [9.17, 15) is 0 Å². The first kappa shape index (κ1) is 22.8. The fourth-order valence-corrected chi connectivity index (χ4v) is 0. The van der Waals surface area contributed by atoms with Gasteiger partial charge in [-0.25, -0.2) is 0 Å². The van der Waals surface area contributed by atoms with Crippen LogP contribution >= 0.6 is 0 Å². The van der Waals surface area contributed by atoms with Crippen LogP contribution in [-0.4, -0.2) is 42.4 Å². The predicted molar refractivity (Wildman–Crippen MR) is 17.1 cm³/mol. The van der Waals surface area contributed by atoms with Crippen molar-refractivity contribution in [1.82, 2.24) is 0 Å². The molecule has 0 spiro atoms. The second-order valence-corrected chi connectivity index (χ2v) is 1.57. The van der Waals surface area contributed by atoms with Gasteiger partial charge in [-0.15, -0.1) is 9.05 Å². The molecule has 2 N–H and O–H groups in total. The van der Waals surface area contributed by atoms with Crippen LogP contribution in [0.4, 0.5) is 0 Å². The third-order valence-electron chi connectivity index (χ3n) is 0. The van der Waals surface area contributed by atoms with E-state index in [1.54, 1.807) is 0 Å². The van der Waals surface area contributed by atoms with Crippen molar-refractivity contribution in [3.05, 3.63) is 0 Å². The summed E-state index contributed by atoms with van der Waals surface area (Å²) in [5.41, 5.74) is 0. The maximum Gasteiger partial charge on any atom is -0.118 e. The first-order chi connectivity index (χ1) is 2.00. The topological polar surface area (TPSA) is 119 Å². The van der Waals surface area contributed by atoms with E-state index in [-0.39, 0.29) is 45.6 Å². The molecule has 0 unspecified atom stereocenters. The van der Waals surface area contributed by atoms with Crippen molar-refractivity contribution in [3.63, 3.8) is 0 Å². The molecule has 0 radical (unpaired) electrons. The molecule has 0 aliphatic carbocycles. The van der Waals surface area contributed by atoms with E-state index in [1.165, 1.54) is 0 Å². The maximum absolute atomic E-state index is 8.69. The van der Waals surface area contributed by atoms with Gasteiger partial charge in [-0.2, -0.15) is 0 Å². The summed E-state index contributed by atoms with van der Waals surface area (Å²) in [6.07, 6.45) is 0. The molecule has 8 heavy (non-hydrogen) atoms. The Hall–Kier alpha value is 1.30. The van der Waals surface area contributed by atoms with Gasteiger partial charge in [0, 0.05) is 0 Å². The van der Waals surface area contributed by atoms with Gasteiger partial charge in [-0.1, -0.05) is 0 Å². The molecule has 0 aliphatic heterocycles. The van der Waals surface area contributed by atoms with Gasteiger partial charge in [-0.05, 0) is 0 Å². The van der Waals surface area contributed by atoms with Crippen LogP contribution in [0.15, 0.2) is 0 Å². The molecule has 0 fully saturated rings. The quantitative estimate of drug-likeness (QED) is 0.383. The molecule has 0 heterocycles. The summed E-state index contributed by atoms with van der Waals surface area (Å²) >= 11 is 0. The van der Waals surface area contributed by atoms with Crippen LogP contribution in [0.3, 0.4) is 0 Å². The molecule has 0 aliphatic rings. The minimum absolute atomic E-state index is 0. The molecular weight excluding hydrogens is 188 g/mol. The average Bonchev–Trinajstić information content (AvgIpc) is 0.722. The zero-order valence-corrected chi connectivity index (χ0v) is 8.08. The van der Waals surface area contributed by atoms with Gasteiger partial charge in [0.05, 0.1) is 0 Å². The molecule has 0 aromatic rings. The minimum Gasteiger partial charge on any atom is -0.870 e.